The highest BCUT2D eigenvalue weighted by Crippen LogP contribution is 2.35. The lowest BCUT2D eigenvalue weighted by atomic mass is 10.2. The van der Waals surface area contributed by atoms with Gasteiger partial charge in [0, 0.05) is 13.1 Å². The fraction of sp³-hybridized carbons (Fsp3) is 0.500. The van der Waals surface area contributed by atoms with Crippen molar-refractivity contribution in [3.05, 3.63) is 10.4 Å². The molecule has 19 heavy (non-hydrogen) atoms. The average Bonchev–Trinajstić information content (AvgIpc) is 2.65. The maximum absolute atomic E-state index is 11.7. The van der Waals surface area contributed by atoms with Crippen molar-refractivity contribution in [2.75, 3.05) is 44.8 Å². The van der Waals surface area contributed by atoms with Gasteiger partial charge in [-0.2, -0.15) is 5.26 Å². The van der Waals surface area contributed by atoms with Gasteiger partial charge in [-0.15, -0.1) is 11.3 Å². The van der Waals surface area contributed by atoms with Crippen molar-refractivity contribution in [1.82, 2.24) is 4.90 Å². The van der Waals surface area contributed by atoms with Crippen LogP contribution in [0.3, 0.4) is 0 Å². The number of nitrogen functional groups attached to an aromatic ring is 1. The molecule has 0 spiro atoms. The Hall–Kier alpha value is -1.78. The van der Waals surface area contributed by atoms with Gasteiger partial charge in [0.2, 0.25) is 0 Å². The number of anilines is 2. The summed E-state index contributed by atoms with van der Waals surface area (Å²) in [4.78, 5) is 14.0. The molecule has 3 N–H and O–H groups in total. The van der Waals surface area contributed by atoms with Crippen molar-refractivity contribution in [2.24, 2.45) is 0 Å². The Labute approximate surface area is 116 Å². The van der Waals surface area contributed by atoms with Gasteiger partial charge in [0.15, 0.2) is 0 Å². The molecule has 1 aromatic heterocycles. The van der Waals surface area contributed by atoms with Crippen molar-refractivity contribution in [1.29, 1.82) is 5.26 Å². The minimum atomic E-state index is -0.484. The van der Waals surface area contributed by atoms with E-state index in [-0.39, 0.29) is 17.2 Å². The number of likely N-dealkylation sites (N-methyl/N-ethyl adjacent to an activating group) is 1. The van der Waals surface area contributed by atoms with E-state index in [9.17, 15) is 4.79 Å². The van der Waals surface area contributed by atoms with Gasteiger partial charge in [0.05, 0.1) is 12.3 Å². The third-order valence-electron chi connectivity index (χ3n) is 2.36. The van der Waals surface area contributed by atoms with E-state index < -0.39 is 5.97 Å². The van der Waals surface area contributed by atoms with E-state index in [1.807, 2.05) is 25.1 Å². The number of carbonyl (C=O) groups is 1. The first kappa shape index (κ1) is 15.3. The van der Waals surface area contributed by atoms with Crippen LogP contribution in [0.5, 0.6) is 0 Å². The number of nitrogens with one attached hydrogen (secondary N) is 1. The monoisotopic (exact) mass is 282 g/mol. The Morgan fingerprint density at radius 1 is 1.58 bits per heavy atom. The zero-order valence-corrected chi connectivity index (χ0v) is 12.1. The lowest BCUT2D eigenvalue weighted by Gasteiger charge is -2.10. The van der Waals surface area contributed by atoms with Crippen LogP contribution in [0.25, 0.3) is 0 Å². The van der Waals surface area contributed by atoms with Crippen LogP contribution in [0.2, 0.25) is 0 Å². The lowest BCUT2D eigenvalue weighted by molar-refractivity contribution is 0.0533. The van der Waals surface area contributed by atoms with Crippen LogP contribution >= 0.6 is 11.3 Å². The summed E-state index contributed by atoms with van der Waals surface area (Å²) in [6.07, 6.45) is 0. The van der Waals surface area contributed by atoms with E-state index in [0.29, 0.717) is 17.1 Å². The highest BCUT2D eigenvalue weighted by molar-refractivity contribution is 7.18. The van der Waals surface area contributed by atoms with Crippen molar-refractivity contribution in [2.45, 2.75) is 6.92 Å². The van der Waals surface area contributed by atoms with Gasteiger partial charge in [-0.3, -0.25) is 0 Å². The number of thiophene rings is 1. The minimum absolute atomic E-state index is 0.193. The molecule has 0 radical (unpaired) electrons. The van der Waals surface area contributed by atoms with Gasteiger partial charge in [-0.25, -0.2) is 4.79 Å². The highest BCUT2D eigenvalue weighted by atomic mass is 32.1. The molecule has 0 unspecified atom stereocenters. The molecule has 0 aromatic carbocycles. The maximum atomic E-state index is 11.7. The first-order valence-electron chi connectivity index (χ1n) is 5.89. The number of nitrogens with two attached hydrogens (primary N) is 1. The van der Waals surface area contributed by atoms with E-state index in [1.54, 1.807) is 6.92 Å². The van der Waals surface area contributed by atoms with E-state index in [0.717, 1.165) is 17.9 Å². The van der Waals surface area contributed by atoms with E-state index in [1.165, 1.54) is 0 Å². The topological polar surface area (TPSA) is 91.4 Å². The molecule has 7 heteroatoms. The number of ether oxygens (including phenoxy) is 1. The van der Waals surface area contributed by atoms with E-state index >= 15 is 0 Å². The average molecular weight is 282 g/mol. The number of nitrogens with zero attached hydrogens (tertiary/aromatic N) is 2. The molecular weight excluding hydrogens is 264 g/mol. The number of hydrogen-bond acceptors (Lipinski definition) is 7. The largest absolute Gasteiger partial charge is 0.462 e. The van der Waals surface area contributed by atoms with Crippen LogP contribution in [0, 0.1) is 11.3 Å². The zero-order chi connectivity index (χ0) is 14.4. The van der Waals surface area contributed by atoms with Crippen LogP contribution < -0.4 is 11.1 Å². The number of nitriles is 1. The summed E-state index contributed by atoms with van der Waals surface area (Å²) in [6.45, 7) is 3.49. The van der Waals surface area contributed by atoms with Crippen molar-refractivity contribution in [3.63, 3.8) is 0 Å². The van der Waals surface area contributed by atoms with Gasteiger partial charge in [0.1, 0.15) is 21.5 Å². The number of rotatable bonds is 6. The molecule has 0 amide bonds. The summed E-state index contributed by atoms with van der Waals surface area (Å²) in [5.74, 6) is -0.484. The van der Waals surface area contributed by atoms with Crippen LogP contribution in [0.1, 0.15) is 22.2 Å². The second kappa shape index (κ2) is 6.97. The predicted molar refractivity (Wildman–Crippen MR) is 76.4 cm³/mol. The Morgan fingerprint density at radius 2 is 2.26 bits per heavy atom. The third-order valence-corrected chi connectivity index (χ3v) is 3.51. The number of carbonyl (C=O) groups excluding carboxylic acids is 1. The second-order valence-electron chi connectivity index (χ2n) is 4.11. The summed E-state index contributed by atoms with van der Waals surface area (Å²) >= 11 is 1.16. The van der Waals surface area contributed by atoms with Gasteiger partial charge in [0.25, 0.3) is 0 Å². The molecular formula is C12H18N4O2S. The molecule has 0 saturated heterocycles. The van der Waals surface area contributed by atoms with Crippen LogP contribution in [-0.2, 0) is 4.74 Å². The Kier molecular flexibility index (Phi) is 5.60. The standard InChI is InChI=1S/C12H18N4O2S/c1-4-18-12(17)10-9(14)8(7-13)11(19-10)15-5-6-16(2)3/h15H,4-6,14H2,1-3H3. The molecule has 104 valence electrons. The Bertz CT molecular complexity index is 491. The number of hydrogen-bond donors (Lipinski definition) is 2. The van der Waals surface area contributed by atoms with Crippen molar-refractivity contribution in [3.8, 4) is 6.07 Å². The summed E-state index contributed by atoms with van der Waals surface area (Å²) in [5, 5.41) is 12.8. The van der Waals surface area contributed by atoms with Crippen LogP contribution in [0.15, 0.2) is 0 Å². The smallest absolute Gasteiger partial charge is 0.350 e. The SMILES string of the molecule is CCOC(=O)c1sc(NCCN(C)C)c(C#N)c1N. The molecule has 1 aromatic rings. The van der Waals surface area contributed by atoms with Gasteiger partial charge in [-0.1, -0.05) is 0 Å². The molecule has 1 rings (SSSR count). The van der Waals surface area contributed by atoms with Crippen LogP contribution in [-0.4, -0.2) is 44.7 Å². The zero-order valence-electron chi connectivity index (χ0n) is 11.3. The molecule has 1 heterocycles. The van der Waals surface area contributed by atoms with Gasteiger partial charge < -0.3 is 20.7 Å². The summed E-state index contributed by atoms with van der Waals surface area (Å²) < 4.78 is 4.91. The fourth-order valence-corrected chi connectivity index (χ4v) is 2.41. The molecule has 6 nitrogen and oxygen atoms in total. The molecule has 0 aliphatic heterocycles. The number of esters is 1. The van der Waals surface area contributed by atoms with Gasteiger partial charge >= 0.3 is 5.97 Å². The quantitative estimate of drug-likeness (QED) is 0.765. The molecule has 0 saturated carbocycles. The van der Waals surface area contributed by atoms with E-state index in [4.69, 9.17) is 15.7 Å². The molecule has 0 aliphatic rings. The van der Waals surface area contributed by atoms with Crippen molar-refractivity contribution < 1.29 is 9.53 Å². The van der Waals surface area contributed by atoms with Gasteiger partial charge in [-0.05, 0) is 21.0 Å². The Morgan fingerprint density at radius 3 is 2.79 bits per heavy atom. The predicted octanol–water partition coefficient (Wildman–Crippen LogP) is 1.35. The molecule has 0 aliphatic carbocycles. The molecule has 0 atom stereocenters. The normalized spacial score (nSPS) is 10.3. The lowest BCUT2D eigenvalue weighted by Crippen LogP contribution is -2.20. The van der Waals surface area contributed by atoms with E-state index in [2.05, 4.69) is 5.32 Å². The Balaban J connectivity index is 2.90. The maximum Gasteiger partial charge on any atom is 0.350 e. The highest BCUT2D eigenvalue weighted by Gasteiger charge is 2.21. The molecule has 0 fully saturated rings. The first-order chi connectivity index (χ1) is 9.01. The van der Waals surface area contributed by atoms with Crippen LogP contribution in [0.4, 0.5) is 10.7 Å². The van der Waals surface area contributed by atoms with Crippen molar-refractivity contribution >= 4 is 28.0 Å². The third kappa shape index (κ3) is 3.84. The molecule has 0 bridgehead atoms. The first-order valence-corrected chi connectivity index (χ1v) is 6.71. The summed E-state index contributed by atoms with van der Waals surface area (Å²) in [7, 11) is 3.92. The summed E-state index contributed by atoms with van der Waals surface area (Å²) in [5.41, 5.74) is 6.32. The summed E-state index contributed by atoms with van der Waals surface area (Å²) in [6, 6.07) is 2.02. The second-order valence-corrected chi connectivity index (χ2v) is 5.13. The fourth-order valence-electron chi connectivity index (χ4n) is 1.42. The minimum Gasteiger partial charge on any atom is -0.462 e.